The van der Waals surface area contributed by atoms with Crippen LogP contribution < -0.4 is 5.32 Å². The molecule has 0 aromatic carbocycles. The molecule has 1 unspecified atom stereocenters. The lowest BCUT2D eigenvalue weighted by atomic mass is 10.1. The van der Waals surface area contributed by atoms with Gasteiger partial charge < -0.3 is 14.5 Å². The summed E-state index contributed by atoms with van der Waals surface area (Å²) in [5.41, 5.74) is -1.59. The second-order valence-corrected chi connectivity index (χ2v) is 10.0. The Bertz CT molecular complexity index is 1040. The van der Waals surface area contributed by atoms with Crippen molar-refractivity contribution in [3.63, 3.8) is 0 Å². The fourth-order valence-corrected chi connectivity index (χ4v) is 3.70. The molecular formula is C15H17BrClF2N3O5S. The highest BCUT2D eigenvalue weighted by atomic mass is 79.9. The fourth-order valence-electron chi connectivity index (χ4n) is 2.14. The molecule has 1 N–H and O–H groups in total. The number of amides is 1. The van der Waals surface area contributed by atoms with E-state index < -0.39 is 55.1 Å². The molecule has 2 aromatic rings. The van der Waals surface area contributed by atoms with Gasteiger partial charge in [0, 0.05) is 6.26 Å². The molecular weight excluding hydrogens is 488 g/mol. The Balaban J connectivity index is 2.51. The van der Waals surface area contributed by atoms with E-state index in [0.717, 1.165) is 13.2 Å². The zero-order valence-electron chi connectivity index (χ0n) is 15.4. The molecule has 2 heterocycles. The van der Waals surface area contributed by atoms with Crippen LogP contribution in [0.4, 0.5) is 13.6 Å². The van der Waals surface area contributed by atoms with Crippen LogP contribution in [0.25, 0.3) is 11.1 Å². The summed E-state index contributed by atoms with van der Waals surface area (Å²) in [5, 5.41) is 0.949. The molecule has 1 atom stereocenters. The van der Waals surface area contributed by atoms with Crippen LogP contribution in [0.5, 0.6) is 0 Å². The summed E-state index contributed by atoms with van der Waals surface area (Å²) in [6, 6.07) is -1.76. The van der Waals surface area contributed by atoms with Crippen LogP contribution in [-0.2, 0) is 20.5 Å². The summed E-state index contributed by atoms with van der Waals surface area (Å²) in [6.45, 7) is 5.79. The third-order valence-corrected chi connectivity index (χ3v) is 5.23. The second kappa shape index (κ2) is 7.38. The third-order valence-electron chi connectivity index (χ3n) is 3.35. The number of nitrogens with one attached hydrogen (secondary N) is 1. The van der Waals surface area contributed by atoms with Gasteiger partial charge in [-0.2, -0.15) is 8.78 Å². The first-order valence-electron chi connectivity index (χ1n) is 7.77. The Morgan fingerprint density at radius 2 is 1.89 bits per heavy atom. The topological polar surface area (TPSA) is 111 Å². The maximum Gasteiger partial charge on any atom is 0.408 e. The maximum absolute atomic E-state index is 14.9. The molecule has 28 heavy (non-hydrogen) atoms. The molecule has 0 fully saturated rings. The lowest BCUT2D eigenvalue weighted by molar-refractivity contribution is -0.0582. The molecule has 0 saturated carbocycles. The molecule has 8 nitrogen and oxygen atoms in total. The number of carbonyl (C=O) groups is 1. The summed E-state index contributed by atoms with van der Waals surface area (Å²) < 4.78 is 63.5. The average Bonchev–Trinajstić information content (AvgIpc) is 2.81. The third kappa shape index (κ3) is 4.71. The Morgan fingerprint density at radius 1 is 1.32 bits per heavy atom. The summed E-state index contributed by atoms with van der Waals surface area (Å²) >= 11 is 8.65. The Hall–Kier alpha value is -1.53. The van der Waals surface area contributed by atoms with E-state index in [1.54, 1.807) is 20.8 Å². The van der Waals surface area contributed by atoms with E-state index >= 15 is 0 Å². The van der Waals surface area contributed by atoms with Crippen LogP contribution in [0.2, 0.25) is 5.28 Å². The van der Waals surface area contributed by atoms with Gasteiger partial charge >= 0.3 is 12.0 Å². The molecule has 0 radical (unpaired) electrons. The van der Waals surface area contributed by atoms with Crippen LogP contribution in [0, 0.1) is 0 Å². The predicted octanol–water partition coefficient (Wildman–Crippen LogP) is 4.05. The molecule has 156 valence electrons. The van der Waals surface area contributed by atoms with Crippen LogP contribution >= 0.6 is 27.5 Å². The molecule has 0 aliphatic rings. The summed E-state index contributed by atoms with van der Waals surface area (Å²) in [7, 11) is -3.95. The first kappa shape index (κ1) is 22.8. The molecule has 2 aromatic heterocycles. The number of alkyl carbamates (subject to hydrolysis) is 1. The average molecular weight is 505 g/mol. The summed E-state index contributed by atoms with van der Waals surface area (Å²) in [5.74, 6) is -4.69. The Morgan fingerprint density at radius 3 is 2.39 bits per heavy atom. The van der Waals surface area contributed by atoms with E-state index in [4.69, 9.17) is 20.8 Å². The normalized spacial score (nSPS) is 14.2. The highest BCUT2D eigenvalue weighted by Gasteiger charge is 2.46. The van der Waals surface area contributed by atoms with Crippen molar-refractivity contribution in [1.82, 2.24) is 15.3 Å². The van der Waals surface area contributed by atoms with Crippen molar-refractivity contribution in [3.8, 4) is 0 Å². The second-order valence-electron chi connectivity index (χ2n) is 6.98. The minimum absolute atomic E-state index is 0.237. The van der Waals surface area contributed by atoms with E-state index in [-0.39, 0.29) is 9.99 Å². The fraction of sp³-hybridized carbons (Fsp3) is 0.533. The largest absolute Gasteiger partial charge is 0.449 e. The minimum Gasteiger partial charge on any atom is -0.449 e. The number of fused-ring (bicyclic) bond motifs is 1. The van der Waals surface area contributed by atoms with E-state index in [9.17, 15) is 22.0 Å². The van der Waals surface area contributed by atoms with Crippen LogP contribution in [0.3, 0.4) is 0 Å². The lowest BCUT2D eigenvalue weighted by Gasteiger charge is -2.25. The number of nitrogens with zero attached hydrogens (tertiary/aromatic N) is 2. The quantitative estimate of drug-likeness (QED) is 0.494. The summed E-state index contributed by atoms with van der Waals surface area (Å²) in [4.78, 5) is 19.1. The predicted molar refractivity (Wildman–Crippen MR) is 100 cm³/mol. The van der Waals surface area contributed by atoms with Gasteiger partial charge in [-0.15, -0.1) is 0 Å². The molecule has 0 spiro atoms. The number of aromatic nitrogens is 2. The maximum atomic E-state index is 14.9. The Labute approximate surface area is 173 Å². The number of halogens is 4. The van der Waals surface area contributed by atoms with Gasteiger partial charge in [-0.25, -0.2) is 23.2 Å². The van der Waals surface area contributed by atoms with Gasteiger partial charge in [0.1, 0.15) is 17.2 Å². The first-order valence-corrected chi connectivity index (χ1v) is 10.8. The van der Waals surface area contributed by atoms with Crippen molar-refractivity contribution in [2.45, 2.75) is 50.3 Å². The van der Waals surface area contributed by atoms with Gasteiger partial charge in [0.25, 0.3) is 0 Å². The SMILES string of the molecule is CC(NC(=O)OC(C)(C)C)C(F)(F)c1oc2c(S(C)(=O)=O)nc(Cl)nc2c1Br. The zero-order chi connectivity index (χ0) is 21.7. The molecule has 13 heteroatoms. The lowest BCUT2D eigenvalue weighted by Crippen LogP contribution is -2.45. The van der Waals surface area contributed by atoms with Crippen molar-refractivity contribution < 1.29 is 31.1 Å². The van der Waals surface area contributed by atoms with Gasteiger partial charge in [0.05, 0.1) is 4.47 Å². The number of rotatable bonds is 4. The van der Waals surface area contributed by atoms with Crippen LogP contribution in [-0.4, -0.2) is 42.4 Å². The van der Waals surface area contributed by atoms with Gasteiger partial charge in [0.15, 0.2) is 21.2 Å². The van der Waals surface area contributed by atoms with Crippen molar-refractivity contribution in [3.05, 3.63) is 15.5 Å². The highest BCUT2D eigenvalue weighted by Crippen LogP contribution is 2.43. The first-order chi connectivity index (χ1) is 12.5. The monoisotopic (exact) mass is 503 g/mol. The number of ether oxygens (including phenoxy) is 1. The van der Waals surface area contributed by atoms with Crippen LogP contribution in [0.15, 0.2) is 13.9 Å². The smallest absolute Gasteiger partial charge is 0.408 e. The zero-order valence-corrected chi connectivity index (χ0v) is 18.6. The Kier molecular flexibility index (Phi) is 5.99. The van der Waals surface area contributed by atoms with Gasteiger partial charge in [0.2, 0.25) is 10.3 Å². The van der Waals surface area contributed by atoms with E-state index in [1.807, 2.05) is 5.32 Å². The van der Waals surface area contributed by atoms with Crippen molar-refractivity contribution in [2.24, 2.45) is 0 Å². The number of carbonyl (C=O) groups excluding carboxylic acids is 1. The minimum atomic E-state index is -3.95. The van der Waals surface area contributed by atoms with Gasteiger partial charge in [-0.1, -0.05) is 0 Å². The number of hydrogen-bond acceptors (Lipinski definition) is 7. The standard InChI is InChI=1S/C15H17BrClF2N3O5S/c1-6(20-13(23)27-14(2,3)4)15(18,19)10-7(16)8-9(26-10)11(28(5,24)25)22-12(17)21-8/h6H,1-5H3,(H,20,23). The van der Waals surface area contributed by atoms with E-state index in [0.29, 0.717) is 0 Å². The molecule has 0 saturated heterocycles. The molecule has 1 amide bonds. The van der Waals surface area contributed by atoms with Crippen molar-refractivity contribution in [2.75, 3.05) is 6.26 Å². The summed E-state index contributed by atoms with van der Waals surface area (Å²) in [6.07, 6.45) is -0.224. The molecule has 2 rings (SSSR count). The van der Waals surface area contributed by atoms with Gasteiger partial charge in [-0.05, 0) is 55.2 Å². The van der Waals surface area contributed by atoms with Crippen molar-refractivity contribution >= 4 is 54.6 Å². The number of alkyl halides is 2. The van der Waals surface area contributed by atoms with Crippen LogP contribution in [0.1, 0.15) is 33.5 Å². The van der Waals surface area contributed by atoms with Gasteiger partial charge in [-0.3, -0.25) is 0 Å². The van der Waals surface area contributed by atoms with E-state index in [2.05, 4.69) is 25.9 Å². The number of sulfone groups is 1. The molecule has 0 aliphatic heterocycles. The highest BCUT2D eigenvalue weighted by molar-refractivity contribution is 9.10. The molecule has 0 bridgehead atoms. The number of hydrogen-bond donors (Lipinski definition) is 1. The molecule has 0 aliphatic carbocycles. The number of furan rings is 1. The van der Waals surface area contributed by atoms with E-state index in [1.165, 1.54) is 0 Å². The van der Waals surface area contributed by atoms with Crippen molar-refractivity contribution in [1.29, 1.82) is 0 Å².